The van der Waals surface area contributed by atoms with Gasteiger partial charge in [-0.15, -0.1) is 0 Å². The van der Waals surface area contributed by atoms with E-state index >= 15 is 0 Å². The third kappa shape index (κ3) is 1.86. The van der Waals surface area contributed by atoms with E-state index in [1.165, 1.54) is 0 Å². The van der Waals surface area contributed by atoms with Gasteiger partial charge in [0, 0.05) is 5.02 Å². The van der Waals surface area contributed by atoms with Crippen LogP contribution in [0.25, 0.3) is 0 Å². The smallest absolute Gasteiger partial charge is 0.186 e. The molecule has 0 fully saturated rings. The van der Waals surface area contributed by atoms with Crippen molar-refractivity contribution in [3.63, 3.8) is 0 Å². The van der Waals surface area contributed by atoms with Gasteiger partial charge >= 0.3 is 0 Å². The summed E-state index contributed by atoms with van der Waals surface area (Å²) in [5, 5.41) is 0.553. The zero-order chi connectivity index (χ0) is 9.14. The van der Waals surface area contributed by atoms with Crippen LogP contribution in [0.15, 0.2) is 23.1 Å². The lowest BCUT2D eigenvalue weighted by Gasteiger charge is -2.04. The zero-order valence-electron chi connectivity index (χ0n) is 6.58. The molecule has 0 saturated carbocycles. The molecule has 66 valence electrons. The largest absolute Gasteiger partial charge is 0.302 e. The third-order valence-electron chi connectivity index (χ3n) is 1.62. The second-order valence-electron chi connectivity index (χ2n) is 2.32. The van der Waals surface area contributed by atoms with Gasteiger partial charge in [-0.25, -0.2) is 4.21 Å². The molecule has 1 N–H and O–H groups in total. The average Bonchev–Trinajstić information content (AvgIpc) is 2.03. The topological polar surface area (TPSA) is 37.3 Å². The van der Waals surface area contributed by atoms with Gasteiger partial charge in [0.05, 0.1) is 4.90 Å². The molecule has 1 unspecified atom stereocenters. The van der Waals surface area contributed by atoms with Crippen LogP contribution in [0, 0.1) is 0 Å². The molecule has 0 spiro atoms. The summed E-state index contributed by atoms with van der Waals surface area (Å²) in [6.07, 6.45) is 0.668. The fourth-order valence-electron chi connectivity index (χ4n) is 1.05. The summed E-state index contributed by atoms with van der Waals surface area (Å²) >= 11 is 3.89. The Labute approximate surface area is 78.8 Å². The fraction of sp³-hybridized carbons (Fsp3) is 0.250. The van der Waals surface area contributed by atoms with Gasteiger partial charge in [-0.1, -0.05) is 24.6 Å². The van der Waals surface area contributed by atoms with Gasteiger partial charge in [0.25, 0.3) is 0 Å². The quantitative estimate of drug-likeness (QED) is 0.752. The minimum Gasteiger partial charge on any atom is -0.302 e. The van der Waals surface area contributed by atoms with E-state index in [0.29, 0.717) is 16.3 Å². The van der Waals surface area contributed by atoms with Gasteiger partial charge in [-0.05, 0) is 24.1 Å². The highest BCUT2D eigenvalue weighted by molar-refractivity contribution is 7.79. The molecule has 4 heteroatoms. The molecule has 0 amide bonds. The van der Waals surface area contributed by atoms with Crippen LogP contribution in [0.4, 0.5) is 0 Å². The Morgan fingerprint density at radius 1 is 1.58 bits per heavy atom. The second-order valence-corrected chi connectivity index (χ2v) is 3.66. The van der Waals surface area contributed by atoms with Crippen molar-refractivity contribution >= 4 is 22.7 Å². The van der Waals surface area contributed by atoms with E-state index in [1.807, 2.05) is 6.92 Å². The summed E-state index contributed by atoms with van der Waals surface area (Å²) in [5.74, 6) is 0. The molecule has 0 bridgehead atoms. The van der Waals surface area contributed by atoms with Crippen LogP contribution in [0.1, 0.15) is 12.5 Å². The van der Waals surface area contributed by atoms with Crippen LogP contribution in [0.2, 0.25) is 5.02 Å². The summed E-state index contributed by atoms with van der Waals surface area (Å²) in [6, 6.07) is 5.00. The van der Waals surface area contributed by atoms with E-state index in [4.69, 9.17) is 16.2 Å². The first-order valence-corrected chi connectivity index (χ1v) is 5.03. The Balaban J connectivity index is 3.27. The molecule has 0 aliphatic heterocycles. The summed E-state index contributed by atoms with van der Waals surface area (Å²) in [5.41, 5.74) is 0.750. The SMILES string of the molecule is CCc1c(Cl)cccc1S(=O)O. The normalized spacial score (nSPS) is 12.9. The van der Waals surface area contributed by atoms with Crippen molar-refractivity contribution in [2.45, 2.75) is 18.2 Å². The molecule has 0 aromatic heterocycles. The van der Waals surface area contributed by atoms with E-state index in [-0.39, 0.29) is 0 Å². The zero-order valence-corrected chi connectivity index (χ0v) is 8.15. The van der Waals surface area contributed by atoms with Crippen molar-refractivity contribution in [3.05, 3.63) is 28.8 Å². The van der Waals surface area contributed by atoms with Gasteiger partial charge in [-0.3, -0.25) is 0 Å². The Kier molecular flexibility index (Phi) is 3.26. The van der Waals surface area contributed by atoms with Crippen LogP contribution in [-0.4, -0.2) is 8.76 Å². The number of benzene rings is 1. The number of halogens is 1. The van der Waals surface area contributed by atoms with Crippen LogP contribution in [0.5, 0.6) is 0 Å². The average molecular weight is 205 g/mol. The number of rotatable bonds is 2. The van der Waals surface area contributed by atoms with Crippen molar-refractivity contribution in [3.8, 4) is 0 Å². The lowest BCUT2D eigenvalue weighted by molar-refractivity contribution is 0.563. The first-order chi connectivity index (χ1) is 5.66. The van der Waals surface area contributed by atoms with Gasteiger partial charge in [0.15, 0.2) is 11.1 Å². The fourth-order valence-corrected chi connectivity index (χ4v) is 2.07. The molecule has 1 rings (SSSR count). The first-order valence-electron chi connectivity index (χ1n) is 3.55. The molecule has 0 aliphatic carbocycles. The minimum absolute atomic E-state index is 0.407. The van der Waals surface area contributed by atoms with Gasteiger partial charge in [-0.2, -0.15) is 0 Å². The summed E-state index contributed by atoms with van der Waals surface area (Å²) in [7, 11) is 0. The van der Waals surface area contributed by atoms with Crippen molar-refractivity contribution < 1.29 is 8.76 Å². The van der Waals surface area contributed by atoms with Crippen LogP contribution in [0.3, 0.4) is 0 Å². The minimum atomic E-state index is -1.94. The van der Waals surface area contributed by atoms with Crippen molar-refractivity contribution in [2.75, 3.05) is 0 Å². The Morgan fingerprint density at radius 3 is 2.67 bits per heavy atom. The Bertz CT molecular complexity index is 312. The van der Waals surface area contributed by atoms with Crippen molar-refractivity contribution in [1.82, 2.24) is 0 Å². The van der Waals surface area contributed by atoms with Gasteiger partial charge < -0.3 is 4.55 Å². The van der Waals surface area contributed by atoms with E-state index < -0.39 is 11.1 Å². The molecule has 2 nitrogen and oxygen atoms in total. The number of hydrogen-bond donors (Lipinski definition) is 1. The molecule has 0 saturated heterocycles. The molecule has 1 aromatic carbocycles. The predicted molar refractivity (Wildman–Crippen MR) is 49.9 cm³/mol. The summed E-state index contributed by atoms with van der Waals surface area (Å²) in [6.45, 7) is 1.90. The Hall–Kier alpha value is -0.380. The molecular formula is C8H9ClO2S. The highest BCUT2D eigenvalue weighted by Crippen LogP contribution is 2.22. The number of hydrogen-bond acceptors (Lipinski definition) is 1. The third-order valence-corrected chi connectivity index (χ3v) is 2.73. The van der Waals surface area contributed by atoms with Crippen LogP contribution >= 0.6 is 11.6 Å². The van der Waals surface area contributed by atoms with E-state index in [0.717, 1.165) is 5.56 Å². The first kappa shape index (κ1) is 9.71. The lowest BCUT2D eigenvalue weighted by Crippen LogP contribution is -1.95. The maximum atomic E-state index is 10.8. The summed E-state index contributed by atoms with van der Waals surface area (Å²) in [4.78, 5) is 0.407. The predicted octanol–water partition coefficient (Wildman–Crippen LogP) is 2.48. The highest BCUT2D eigenvalue weighted by Gasteiger charge is 2.08. The standard InChI is InChI=1S/C8H9ClO2S/c1-2-6-7(9)4-3-5-8(6)12(10)11/h3-5H,2H2,1H3,(H,10,11). The van der Waals surface area contributed by atoms with E-state index in [2.05, 4.69) is 0 Å². The van der Waals surface area contributed by atoms with Gasteiger partial charge in [0.1, 0.15) is 0 Å². The van der Waals surface area contributed by atoms with E-state index in [9.17, 15) is 4.21 Å². The Morgan fingerprint density at radius 2 is 2.25 bits per heavy atom. The van der Waals surface area contributed by atoms with Crippen molar-refractivity contribution in [2.24, 2.45) is 0 Å². The molecule has 0 radical (unpaired) electrons. The highest BCUT2D eigenvalue weighted by atomic mass is 35.5. The molecule has 0 aliphatic rings. The maximum absolute atomic E-state index is 10.8. The lowest BCUT2D eigenvalue weighted by atomic mass is 10.2. The molecule has 1 aromatic rings. The van der Waals surface area contributed by atoms with E-state index in [1.54, 1.807) is 18.2 Å². The monoisotopic (exact) mass is 204 g/mol. The molecular weight excluding hydrogens is 196 g/mol. The van der Waals surface area contributed by atoms with Crippen molar-refractivity contribution in [1.29, 1.82) is 0 Å². The molecule has 12 heavy (non-hydrogen) atoms. The van der Waals surface area contributed by atoms with Crippen LogP contribution < -0.4 is 0 Å². The maximum Gasteiger partial charge on any atom is 0.186 e. The molecule has 0 heterocycles. The van der Waals surface area contributed by atoms with Gasteiger partial charge in [0.2, 0.25) is 0 Å². The summed E-state index contributed by atoms with van der Waals surface area (Å²) < 4.78 is 19.7. The van der Waals surface area contributed by atoms with Crippen LogP contribution in [-0.2, 0) is 17.5 Å². The second kappa shape index (κ2) is 4.03. The molecule has 1 atom stereocenters.